The minimum atomic E-state index is -0.877. The van der Waals surface area contributed by atoms with Gasteiger partial charge in [-0.2, -0.15) is 0 Å². The van der Waals surface area contributed by atoms with Crippen LogP contribution in [0.15, 0.2) is 322 Å². The Hall–Kier alpha value is -11.0. The molecule has 18 rings (SSSR count). The minimum Gasteiger partial charge on any atom is -0.445 e. The van der Waals surface area contributed by atoms with Gasteiger partial charge in [-0.05, 0) is 96.2 Å². The summed E-state index contributed by atoms with van der Waals surface area (Å²) in [6.45, 7) is 0. The first-order valence-electron chi connectivity index (χ1n) is 33.6. The molecule has 0 amide bonds. The number of hydrogen-bond acceptors (Lipinski definition) is 15. The van der Waals surface area contributed by atoms with E-state index in [1.165, 1.54) is 32.3 Å². The molecule has 0 aliphatic carbocycles. The van der Waals surface area contributed by atoms with E-state index in [0.29, 0.717) is 34.9 Å². The normalized spacial score (nSPS) is 13.3. The van der Waals surface area contributed by atoms with E-state index in [0.717, 1.165) is 88.9 Å². The first-order chi connectivity index (χ1) is 50.5. The van der Waals surface area contributed by atoms with E-state index in [1.807, 2.05) is 223 Å². The molecule has 2 fully saturated rings. The number of rotatable bonds is 14. The highest BCUT2D eigenvalue weighted by molar-refractivity contribution is 8.94. The molecule has 21 heteroatoms. The van der Waals surface area contributed by atoms with Crippen molar-refractivity contribution in [2.45, 2.75) is 0 Å². The average Bonchev–Trinajstić information content (AvgIpc) is 0.740. The molecule has 0 atom stereocenters. The maximum atomic E-state index is 6.88. The zero-order chi connectivity index (χ0) is 67.7. The lowest BCUT2D eigenvalue weighted by molar-refractivity contribution is 0.308. The number of aromatic nitrogens is 9. The smallest absolute Gasteiger partial charge is 0.445 e. The second-order valence-corrected chi connectivity index (χ2v) is 29.3. The molecule has 0 N–H and O–H groups in total. The Bertz CT molecular complexity index is 5660. The van der Waals surface area contributed by atoms with Crippen molar-refractivity contribution in [1.29, 1.82) is 0 Å². The van der Waals surface area contributed by atoms with Crippen molar-refractivity contribution in [2.75, 3.05) is 0 Å². The van der Waals surface area contributed by atoms with Crippen LogP contribution in [-0.2, 0) is 13.7 Å². The predicted molar refractivity (Wildman–Crippen MR) is 427 cm³/mol. The maximum Gasteiger partial charge on any atom is 0.467 e. The van der Waals surface area contributed by atoms with Gasteiger partial charge in [0.2, 0.25) is 0 Å². The number of pyridine rings is 3. The minimum absolute atomic E-state index is 0.0135. The summed E-state index contributed by atoms with van der Waals surface area (Å²) >= 11 is 5.63. The fourth-order valence-electron chi connectivity index (χ4n) is 13.2. The summed E-state index contributed by atoms with van der Waals surface area (Å²) in [5.74, 6) is 3.19. The zero-order valence-corrected chi connectivity index (χ0v) is 57.0. The molecule has 0 unspecified atom stereocenters. The van der Waals surface area contributed by atoms with Crippen molar-refractivity contribution in [3.63, 3.8) is 0 Å². The van der Waals surface area contributed by atoms with Gasteiger partial charge in [0.05, 0.1) is 5.69 Å². The highest BCUT2D eigenvalue weighted by atomic mass is 32.3. The molecule has 102 heavy (non-hydrogen) atoms. The van der Waals surface area contributed by atoms with Crippen LogP contribution in [0, 0.1) is 0 Å². The van der Waals surface area contributed by atoms with Gasteiger partial charge in [0.15, 0.2) is 34.9 Å². The monoisotopic (exact) mass is 1360 g/mol. The Morgan fingerprint density at radius 3 is 1.08 bits per heavy atom. The molecule has 0 bridgehead atoms. The van der Waals surface area contributed by atoms with Crippen molar-refractivity contribution in [1.82, 2.24) is 44.9 Å². The first kappa shape index (κ1) is 63.2. The highest BCUT2D eigenvalue weighted by Crippen LogP contribution is 2.41. The van der Waals surface area contributed by atoms with Crippen LogP contribution < -0.4 is 33.2 Å². The lowest BCUT2D eigenvalue weighted by Crippen LogP contribution is -2.61. The summed E-state index contributed by atoms with van der Waals surface area (Å²) < 4.78 is 20.4. The van der Waals surface area contributed by atoms with Gasteiger partial charge >= 0.3 is 37.2 Å². The Morgan fingerprint density at radius 2 is 0.588 bits per heavy atom. The van der Waals surface area contributed by atoms with Crippen LogP contribution in [0.25, 0.3) is 123 Å². The molecule has 16 aromatic rings. The van der Waals surface area contributed by atoms with E-state index in [9.17, 15) is 0 Å². The van der Waals surface area contributed by atoms with Crippen LogP contribution in [-0.4, -0.2) is 82.0 Å². The van der Waals surface area contributed by atoms with Crippen molar-refractivity contribution in [3.8, 4) is 90.7 Å². The number of fused-ring (bicyclic) bond motifs is 6. The van der Waals surface area contributed by atoms with Crippen LogP contribution >= 0.6 is 34.4 Å². The molecule has 0 radical (unpaired) electrons. The second-order valence-electron chi connectivity index (χ2n) is 24.8. The number of hydrogen-bond donors (Lipinski definition) is 0. The molecule has 11 aromatic carbocycles. The van der Waals surface area contributed by atoms with Crippen molar-refractivity contribution in [2.24, 2.45) is 0 Å². The average molecular weight is 1360 g/mol. The standard InChI is InChI=1S/C81H53B6N9O3S3/c1-5-22-55(23-6-1)76-91-77(56-24-7-2-8-25-56)94-80(93-76)60-28-19-32-64(50-60)83-97-82(63-30-11-4-12-31-63)98-84(99-83)65-33-20-29-61(51-65)81-95-78(57-26-9-3-10-27-57)92-79(96-81)58-43-41-54(42-44-58)72-38-21-40-75(90-72)87-101-85(73-39-17-18-49-88-73)100-86(102-87)74-48-46-62(53-89-74)59-45-47-70-68-36-14-13-34-66(68)67-35-15-16-37-69(67)71(70)52-59/h1-53H. The van der Waals surface area contributed by atoms with E-state index in [1.54, 1.807) is 0 Å². The largest absolute Gasteiger partial charge is 0.467 e. The molecule has 476 valence electrons. The van der Waals surface area contributed by atoms with Gasteiger partial charge in [-0.15, -0.1) is 0 Å². The summed E-state index contributed by atoms with van der Waals surface area (Å²) in [7, 11) is -2.53. The second kappa shape index (κ2) is 28.2. The fourth-order valence-corrected chi connectivity index (χ4v) is 18.9. The first-order valence-corrected chi connectivity index (χ1v) is 36.5. The highest BCUT2D eigenvalue weighted by Gasteiger charge is 2.45. The third kappa shape index (κ3) is 13.0. The van der Waals surface area contributed by atoms with Gasteiger partial charge in [0.25, 0.3) is 0 Å². The summed E-state index contributed by atoms with van der Waals surface area (Å²) in [6, 6.07) is 105. The third-order valence-corrected chi connectivity index (χ3v) is 23.2. The van der Waals surface area contributed by atoms with Crippen molar-refractivity contribution in [3.05, 3.63) is 322 Å². The molecular weight excluding hydrogens is 1310 g/mol. The topological polar surface area (TPSA) is 144 Å². The summed E-state index contributed by atoms with van der Waals surface area (Å²) in [5.41, 5.74) is 14.3. The molecular formula is C81H53B6N9O3S3. The quantitative estimate of drug-likeness (QED) is 0.0752. The van der Waals surface area contributed by atoms with Gasteiger partial charge < -0.3 is 13.7 Å². The molecule has 12 nitrogen and oxygen atoms in total. The predicted octanol–water partition coefficient (Wildman–Crippen LogP) is 14.3. The number of benzene rings is 11. The maximum absolute atomic E-state index is 6.88. The third-order valence-electron chi connectivity index (χ3n) is 18.2. The number of nitrogens with zero attached hydrogens (tertiary/aromatic N) is 9. The van der Waals surface area contributed by atoms with Crippen molar-refractivity contribution >= 4 is 137 Å². The molecule has 2 aliphatic heterocycles. The van der Waals surface area contributed by atoms with E-state index in [-0.39, 0.29) is 15.8 Å². The van der Waals surface area contributed by atoms with E-state index >= 15 is 0 Å². The summed E-state index contributed by atoms with van der Waals surface area (Å²) in [6.07, 6.45) is 3.92. The fraction of sp³-hybridized carbons (Fsp3) is 0. The van der Waals surface area contributed by atoms with E-state index < -0.39 is 21.4 Å². The Kier molecular flexibility index (Phi) is 17.5. The molecule has 5 aromatic heterocycles. The molecule has 7 heterocycles. The lowest BCUT2D eigenvalue weighted by Gasteiger charge is -2.31. The SMILES string of the molecule is c1ccc(B2OB(c3cccc(-c4nc(-c5ccccc5)nc(-c5ccccc5)n4)c3)OB(c3cccc(-c4nc(-c5ccccc5)nc(-c5ccc(-c6cccc(B7SB(c8ccccn8)SB(c8ccc(-c9ccc%10c%11ccccc%11c%11ccccc%11c%10c9)cn8)S7)n6)cc5)n4)c3)O2)cc1. The molecule has 0 spiro atoms. The van der Waals surface area contributed by atoms with E-state index in [4.69, 9.17) is 58.6 Å². The summed E-state index contributed by atoms with van der Waals surface area (Å²) in [5, 5.41) is 7.57. The van der Waals surface area contributed by atoms with Crippen LogP contribution in [0.3, 0.4) is 0 Å². The van der Waals surface area contributed by atoms with Gasteiger partial charge in [-0.1, -0.05) is 273 Å². The van der Waals surface area contributed by atoms with E-state index in [2.05, 4.69) is 133 Å². The zero-order valence-electron chi connectivity index (χ0n) is 54.5. The Labute approximate surface area is 603 Å². The Morgan fingerprint density at radius 1 is 0.225 bits per heavy atom. The summed E-state index contributed by atoms with van der Waals surface area (Å²) in [4.78, 5) is 45.9. The van der Waals surface area contributed by atoms with Crippen LogP contribution in [0.5, 0.6) is 0 Å². The molecule has 0 saturated carbocycles. The van der Waals surface area contributed by atoms with Crippen LogP contribution in [0.1, 0.15) is 0 Å². The van der Waals surface area contributed by atoms with Crippen molar-refractivity contribution < 1.29 is 13.7 Å². The van der Waals surface area contributed by atoms with Crippen LogP contribution in [0.4, 0.5) is 0 Å². The molecule has 2 saturated heterocycles. The van der Waals surface area contributed by atoms with Gasteiger partial charge in [-0.3, -0.25) is 15.0 Å². The lowest BCUT2D eigenvalue weighted by atomic mass is 9.61. The van der Waals surface area contributed by atoms with Gasteiger partial charge in [-0.25, -0.2) is 64.3 Å². The van der Waals surface area contributed by atoms with Gasteiger partial charge in [0, 0.05) is 68.1 Å². The van der Waals surface area contributed by atoms with Gasteiger partial charge in [0.1, 0.15) is 0 Å². The Balaban J connectivity index is 0.626. The van der Waals surface area contributed by atoms with Crippen LogP contribution in [0.2, 0.25) is 0 Å². The molecule has 2 aliphatic rings.